The largest absolute Gasteiger partial charge is 0.490 e. The van der Waals surface area contributed by atoms with Gasteiger partial charge in [-0.25, -0.2) is 0 Å². The Hall–Kier alpha value is -1.32. The van der Waals surface area contributed by atoms with E-state index in [1.165, 1.54) is 44.9 Å². The molecule has 2 saturated carbocycles. The van der Waals surface area contributed by atoms with Crippen molar-refractivity contribution in [2.75, 3.05) is 6.61 Å². The molecule has 3 aliphatic rings. The first kappa shape index (κ1) is 24.8. The standard InChI is InChI=1S/C29H44F2O2/c1-3-5-6-7-25-17-16-24-18-26(27(30)28(31)29(24)33-25)32-19-21-10-14-23(15-11-21)22-12-8-20(4-2)9-13-22/h18,20-23,25H,3-17,19H2,1-2H3. The van der Waals surface area contributed by atoms with Gasteiger partial charge in [0.05, 0.1) is 12.7 Å². The predicted molar refractivity (Wildman–Crippen MR) is 130 cm³/mol. The minimum Gasteiger partial charge on any atom is -0.490 e. The highest BCUT2D eigenvalue weighted by Gasteiger charge is 2.31. The van der Waals surface area contributed by atoms with Crippen LogP contribution in [0, 0.1) is 35.3 Å². The van der Waals surface area contributed by atoms with Gasteiger partial charge in [0.15, 0.2) is 11.5 Å². The van der Waals surface area contributed by atoms with Gasteiger partial charge >= 0.3 is 0 Å². The van der Waals surface area contributed by atoms with Gasteiger partial charge in [0.25, 0.3) is 0 Å². The maximum absolute atomic E-state index is 14.8. The lowest BCUT2D eigenvalue weighted by molar-refractivity contribution is 0.120. The van der Waals surface area contributed by atoms with Crippen molar-refractivity contribution in [2.45, 2.75) is 116 Å². The Morgan fingerprint density at radius 2 is 1.52 bits per heavy atom. The Balaban J connectivity index is 1.26. The Bertz CT molecular complexity index is 748. The van der Waals surface area contributed by atoms with Gasteiger partial charge in [-0.05, 0) is 93.9 Å². The fraction of sp³-hybridized carbons (Fsp3) is 0.793. The molecule has 4 rings (SSSR count). The van der Waals surface area contributed by atoms with Gasteiger partial charge in [0.1, 0.15) is 0 Å². The maximum atomic E-state index is 14.8. The van der Waals surface area contributed by atoms with Crippen LogP contribution in [0.15, 0.2) is 6.07 Å². The van der Waals surface area contributed by atoms with Crippen molar-refractivity contribution in [1.29, 1.82) is 0 Å². The highest BCUT2D eigenvalue weighted by molar-refractivity contribution is 5.44. The summed E-state index contributed by atoms with van der Waals surface area (Å²) in [6, 6.07) is 1.69. The van der Waals surface area contributed by atoms with Gasteiger partial charge in [-0.3, -0.25) is 0 Å². The van der Waals surface area contributed by atoms with E-state index in [-0.39, 0.29) is 17.6 Å². The quantitative estimate of drug-likeness (QED) is 0.342. The fourth-order valence-electron chi connectivity index (χ4n) is 6.52. The molecule has 1 aliphatic heterocycles. The van der Waals surface area contributed by atoms with Crippen molar-refractivity contribution < 1.29 is 18.3 Å². The van der Waals surface area contributed by atoms with Crippen LogP contribution in [0.4, 0.5) is 8.78 Å². The van der Waals surface area contributed by atoms with E-state index in [4.69, 9.17) is 9.47 Å². The van der Waals surface area contributed by atoms with E-state index in [0.29, 0.717) is 12.5 Å². The van der Waals surface area contributed by atoms with Crippen LogP contribution in [-0.4, -0.2) is 12.7 Å². The zero-order valence-electron chi connectivity index (χ0n) is 20.9. The molecule has 1 atom stereocenters. The minimum atomic E-state index is -0.885. The van der Waals surface area contributed by atoms with Crippen LogP contribution in [0.1, 0.15) is 109 Å². The summed E-state index contributed by atoms with van der Waals surface area (Å²) in [7, 11) is 0. The molecule has 33 heavy (non-hydrogen) atoms. The normalized spacial score (nSPS) is 29.9. The third-order valence-electron chi connectivity index (χ3n) is 8.86. The molecule has 0 amide bonds. The van der Waals surface area contributed by atoms with E-state index >= 15 is 0 Å². The van der Waals surface area contributed by atoms with Crippen LogP contribution in [0.3, 0.4) is 0 Å². The molecule has 1 heterocycles. The smallest absolute Gasteiger partial charge is 0.204 e. The highest BCUT2D eigenvalue weighted by Crippen LogP contribution is 2.42. The Kier molecular flexibility index (Phi) is 8.93. The molecule has 0 saturated heterocycles. The topological polar surface area (TPSA) is 18.5 Å². The second-order valence-electron chi connectivity index (χ2n) is 11.0. The van der Waals surface area contributed by atoms with E-state index in [2.05, 4.69) is 13.8 Å². The molecule has 0 bridgehead atoms. The highest BCUT2D eigenvalue weighted by atomic mass is 19.2. The molecule has 4 heteroatoms. The van der Waals surface area contributed by atoms with E-state index in [1.54, 1.807) is 6.07 Å². The molecule has 0 spiro atoms. The number of aryl methyl sites for hydroxylation is 1. The number of unbranched alkanes of at least 4 members (excludes halogenated alkanes) is 2. The van der Waals surface area contributed by atoms with Crippen LogP contribution < -0.4 is 9.47 Å². The molecule has 2 nitrogen and oxygen atoms in total. The molecule has 1 aromatic carbocycles. The summed E-state index contributed by atoms with van der Waals surface area (Å²) in [5.41, 5.74) is 0.752. The van der Waals surface area contributed by atoms with Crippen LogP contribution in [-0.2, 0) is 6.42 Å². The average molecular weight is 463 g/mol. The summed E-state index contributed by atoms with van der Waals surface area (Å²) >= 11 is 0. The van der Waals surface area contributed by atoms with Crippen molar-refractivity contribution in [3.63, 3.8) is 0 Å². The lowest BCUT2D eigenvalue weighted by atomic mass is 9.69. The molecule has 1 unspecified atom stereocenters. The van der Waals surface area contributed by atoms with Crippen LogP contribution in [0.2, 0.25) is 0 Å². The van der Waals surface area contributed by atoms with Crippen molar-refractivity contribution in [1.82, 2.24) is 0 Å². The zero-order valence-corrected chi connectivity index (χ0v) is 20.9. The number of hydrogen-bond donors (Lipinski definition) is 0. The fourth-order valence-corrected chi connectivity index (χ4v) is 6.52. The first-order chi connectivity index (χ1) is 16.1. The SMILES string of the molecule is CCCCCC1CCc2cc(OCC3CCC(C4CCC(CC)CC4)CC3)c(F)c(F)c2O1. The van der Waals surface area contributed by atoms with Gasteiger partial charge in [-0.15, -0.1) is 0 Å². The van der Waals surface area contributed by atoms with E-state index in [0.717, 1.165) is 74.7 Å². The summed E-state index contributed by atoms with van der Waals surface area (Å²) in [6.07, 6.45) is 17.7. The molecule has 2 aliphatic carbocycles. The van der Waals surface area contributed by atoms with Crippen LogP contribution >= 0.6 is 0 Å². The lowest BCUT2D eigenvalue weighted by Gasteiger charge is -2.37. The van der Waals surface area contributed by atoms with Gasteiger partial charge in [-0.1, -0.05) is 46.0 Å². The summed E-state index contributed by atoms with van der Waals surface area (Å²) in [5, 5.41) is 0. The molecule has 0 radical (unpaired) electrons. The third-order valence-corrected chi connectivity index (χ3v) is 8.86. The van der Waals surface area contributed by atoms with E-state index < -0.39 is 11.6 Å². The average Bonchev–Trinajstić information content (AvgIpc) is 2.86. The molecule has 1 aromatic rings. The zero-order chi connectivity index (χ0) is 23.2. The molecule has 0 N–H and O–H groups in total. The number of fused-ring (bicyclic) bond motifs is 1. The van der Waals surface area contributed by atoms with Gasteiger partial charge in [-0.2, -0.15) is 8.78 Å². The van der Waals surface area contributed by atoms with Crippen LogP contribution in [0.25, 0.3) is 0 Å². The maximum Gasteiger partial charge on any atom is 0.204 e. The van der Waals surface area contributed by atoms with Crippen LogP contribution in [0.5, 0.6) is 11.5 Å². The van der Waals surface area contributed by atoms with Crippen molar-refractivity contribution >= 4 is 0 Å². The summed E-state index contributed by atoms with van der Waals surface area (Å²) < 4.78 is 41.3. The molecular formula is C29H44F2O2. The molecule has 0 aromatic heterocycles. The molecule has 186 valence electrons. The van der Waals surface area contributed by atoms with Gasteiger partial charge in [0.2, 0.25) is 11.6 Å². The van der Waals surface area contributed by atoms with Gasteiger partial charge < -0.3 is 9.47 Å². The lowest BCUT2D eigenvalue weighted by Crippen LogP contribution is -2.27. The summed E-state index contributed by atoms with van der Waals surface area (Å²) in [5.74, 6) is 1.61. The predicted octanol–water partition coefficient (Wildman–Crippen LogP) is 8.64. The van der Waals surface area contributed by atoms with Crippen molar-refractivity contribution in [2.24, 2.45) is 23.7 Å². The second kappa shape index (κ2) is 11.9. The van der Waals surface area contributed by atoms with Crippen molar-refractivity contribution in [3.8, 4) is 11.5 Å². The van der Waals surface area contributed by atoms with Gasteiger partial charge in [0, 0.05) is 5.56 Å². The Morgan fingerprint density at radius 3 is 2.15 bits per heavy atom. The molecule has 2 fully saturated rings. The molecular weight excluding hydrogens is 418 g/mol. The van der Waals surface area contributed by atoms with E-state index in [1.807, 2.05) is 0 Å². The first-order valence-electron chi connectivity index (χ1n) is 13.9. The number of rotatable bonds is 9. The summed E-state index contributed by atoms with van der Waals surface area (Å²) in [6.45, 7) is 4.98. The minimum absolute atomic E-state index is 0.00285. The Morgan fingerprint density at radius 1 is 0.848 bits per heavy atom. The Labute approximate surface area is 199 Å². The second-order valence-corrected chi connectivity index (χ2v) is 11.0. The number of benzene rings is 1. The number of ether oxygens (including phenoxy) is 2. The third kappa shape index (κ3) is 6.22. The monoisotopic (exact) mass is 462 g/mol. The number of hydrogen-bond acceptors (Lipinski definition) is 2. The van der Waals surface area contributed by atoms with E-state index in [9.17, 15) is 8.78 Å². The summed E-state index contributed by atoms with van der Waals surface area (Å²) in [4.78, 5) is 0. The number of halogens is 2. The first-order valence-corrected chi connectivity index (χ1v) is 13.9. The van der Waals surface area contributed by atoms with Crippen molar-refractivity contribution in [3.05, 3.63) is 23.3 Å².